The molecule has 2 heterocycles. The van der Waals surface area contributed by atoms with Gasteiger partial charge in [-0.2, -0.15) is 18.3 Å². The average molecular weight is 431 g/mol. The molecular weight excluding hydrogens is 407 g/mol. The first-order valence-electron chi connectivity index (χ1n) is 9.73. The standard InChI is InChI=1S/C22H24F3N5O/c1-15-19(14-28-30(15)20-10-9-17(12-26-20)22(23,24)25)21(31)27-13-18(29(2)3)11-16-7-5-4-6-8-16/h4-10,12,14,18H,11,13H2,1-3H3,(H,27,31). The molecule has 2 aromatic heterocycles. The number of rotatable bonds is 7. The van der Waals surface area contributed by atoms with Gasteiger partial charge in [0.1, 0.15) is 0 Å². The van der Waals surface area contributed by atoms with Gasteiger partial charge >= 0.3 is 6.18 Å². The molecule has 1 atom stereocenters. The van der Waals surface area contributed by atoms with Gasteiger partial charge in [-0.05, 0) is 45.1 Å². The smallest absolute Gasteiger partial charge is 0.350 e. The molecule has 31 heavy (non-hydrogen) atoms. The third-order valence-corrected chi connectivity index (χ3v) is 5.09. The Bertz CT molecular complexity index is 1010. The number of halogens is 3. The summed E-state index contributed by atoms with van der Waals surface area (Å²) in [6, 6.07) is 12.3. The molecule has 1 aromatic carbocycles. The average Bonchev–Trinajstić information content (AvgIpc) is 3.12. The fraction of sp³-hybridized carbons (Fsp3) is 0.318. The molecule has 1 N–H and O–H groups in total. The molecule has 1 amide bonds. The quantitative estimate of drug-likeness (QED) is 0.622. The Labute approximate surface area is 178 Å². The lowest BCUT2D eigenvalue weighted by molar-refractivity contribution is -0.137. The van der Waals surface area contributed by atoms with Crippen molar-refractivity contribution in [3.05, 3.63) is 77.2 Å². The van der Waals surface area contributed by atoms with Gasteiger partial charge in [0.05, 0.1) is 23.0 Å². The molecule has 9 heteroatoms. The normalized spacial score (nSPS) is 12.7. The van der Waals surface area contributed by atoms with E-state index in [1.54, 1.807) is 6.92 Å². The Kier molecular flexibility index (Phi) is 6.74. The summed E-state index contributed by atoms with van der Waals surface area (Å²) in [6.45, 7) is 2.11. The van der Waals surface area contributed by atoms with Gasteiger partial charge in [-0.25, -0.2) is 9.67 Å². The van der Waals surface area contributed by atoms with E-state index in [4.69, 9.17) is 0 Å². The van der Waals surface area contributed by atoms with Crippen LogP contribution in [0.2, 0.25) is 0 Å². The van der Waals surface area contributed by atoms with E-state index >= 15 is 0 Å². The molecule has 0 aliphatic heterocycles. The molecule has 0 spiro atoms. The number of hydrogen-bond acceptors (Lipinski definition) is 4. The highest BCUT2D eigenvalue weighted by atomic mass is 19.4. The number of aromatic nitrogens is 3. The van der Waals surface area contributed by atoms with Crippen LogP contribution in [0, 0.1) is 6.92 Å². The molecule has 0 saturated heterocycles. The van der Waals surface area contributed by atoms with Crippen molar-refractivity contribution >= 4 is 5.91 Å². The highest BCUT2D eigenvalue weighted by Crippen LogP contribution is 2.28. The Hall–Kier alpha value is -3.20. The number of pyridine rings is 1. The van der Waals surface area contributed by atoms with Crippen LogP contribution in [-0.2, 0) is 12.6 Å². The minimum Gasteiger partial charge on any atom is -0.350 e. The molecule has 0 radical (unpaired) electrons. The number of carbonyl (C=O) groups excluding carboxylic acids is 1. The van der Waals surface area contributed by atoms with Gasteiger partial charge in [-0.15, -0.1) is 0 Å². The summed E-state index contributed by atoms with van der Waals surface area (Å²) in [6.07, 6.45) is -1.53. The minimum atomic E-state index is -4.46. The van der Waals surface area contributed by atoms with Crippen molar-refractivity contribution in [1.82, 2.24) is 25.0 Å². The summed E-state index contributed by atoms with van der Waals surface area (Å²) in [7, 11) is 3.92. The van der Waals surface area contributed by atoms with E-state index in [2.05, 4.69) is 20.3 Å². The molecule has 3 aromatic rings. The fourth-order valence-electron chi connectivity index (χ4n) is 3.17. The first-order valence-corrected chi connectivity index (χ1v) is 9.73. The van der Waals surface area contributed by atoms with Crippen molar-refractivity contribution < 1.29 is 18.0 Å². The van der Waals surface area contributed by atoms with E-state index in [9.17, 15) is 18.0 Å². The van der Waals surface area contributed by atoms with Crippen LogP contribution >= 0.6 is 0 Å². The van der Waals surface area contributed by atoms with Crippen LogP contribution in [0.15, 0.2) is 54.9 Å². The van der Waals surface area contributed by atoms with Crippen molar-refractivity contribution in [3.63, 3.8) is 0 Å². The molecule has 0 aliphatic rings. The summed E-state index contributed by atoms with van der Waals surface area (Å²) in [5.74, 6) is -0.0876. The maximum Gasteiger partial charge on any atom is 0.417 e. The zero-order valence-corrected chi connectivity index (χ0v) is 17.5. The number of nitrogens with one attached hydrogen (secondary N) is 1. The minimum absolute atomic E-state index is 0.0956. The summed E-state index contributed by atoms with van der Waals surface area (Å²) < 4.78 is 39.6. The maximum absolute atomic E-state index is 12.7. The van der Waals surface area contributed by atoms with Crippen LogP contribution in [-0.4, -0.2) is 52.3 Å². The lowest BCUT2D eigenvalue weighted by Gasteiger charge is -2.24. The van der Waals surface area contributed by atoms with E-state index in [1.165, 1.54) is 22.5 Å². The van der Waals surface area contributed by atoms with Crippen molar-refractivity contribution in [2.24, 2.45) is 0 Å². The van der Waals surface area contributed by atoms with E-state index in [-0.39, 0.29) is 17.8 Å². The van der Waals surface area contributed by atoms with Gasteiger partial charge < -0.3 is 10.2 Å². The number of amides is 1. The summed E-state index contributed by atoms with van der Waals surface area (Å²) in [5, 5.41) is 7.06. The van der Waals surface area contributed by atoms with E-state index in [0.29, 0.717) is 17.8 Å². The Morgan fingerprint density at radius 3 is 2.42 bits per heavy atom. The summed E-state index contributed by atoms with van der Waals surface area (Å²) >= 11 is 0. The second kappa shape index (κ2) is 9.30. The molecule has 0 saturated carbocycles. The molecule has 164 valence electrons. The maximum atomic E-state index is 12.7. The van der Waals surface area contributed by atoms with Gasteiger partial charge in [0.15, 0.2) is 5.82 Å². The van der Waals surface area contributed by atoms with Gasteiger partial charge in [0, 0.05) is 18.8 Å². The first kappa shape index (κ1) is 22.5. The van der Waals surface area contributed by atoms with E-state index < -0.39 is 11.7 Å². The molecule has 0 aliphatic carbocycles. The fourth-order valence-corrected chi connectivity index (χ4v) is 3.17. The highest BCUT2D eigenvalue weighted by molar-refractivity contribution is 5.95. The van der Waals surface area contributed by atoms with Gasteiger partial charge in [0.2, 0.25) is 0 Å². The second-order valence-corrected chi connectivity index (χ2v) is 7.48. The van der Waals surface area contributed by atoms with Crippen LogP contribution in [0.25, 0.3) is 5.82 Å². The van der Waals surface area contributed by atoms with Gasteiger partial charge in [0.25, 0.3) is 5.91 Å². The van der Waals surface area contributed by atoms with Crippen LogP contribution in [0.5, 0.6) is 0 Å². The molecular formula is C22H24F3N5O. The zero-order valence-electron chi connectivity index (χ0n) is 17.5. The molecule has 0 bridgehead atoms. The monoisotopic (exact) mass is 431 g/mol. The molecule has 1 unspecified atom stereocenters. The number of likely N-dealkylation sites (N-methyl/N-ethyl adjacent to an activating group) is 1. The van der Waals surface area contributed by atoms with Crippen molar-refractivity contribution in [2.75, 3.05) is 20.6 Å². The number of nitrogens with zero attached hydrogens (tertiary/aromatic N) is 4. The van der Waals surface area contributed by atoms with Crippen molar-refractivity contribution in [1.29, 1.82) is 0 Å². The first-order chi connectivity index (χ1) is 14.7. The van der Waals surface area contributed by atoms with E-state index in [1.807, 2.05) is 44.4 Å². The Balaban J connectivity index is 1.69. The van der Waals surface area contributed by atoms with Gasteiger partial charge in [-0.3, -0.25) is 4.79 Å². The third kappa shape index (κ3) is 5.49. The Morgan fingerprint density at radius 1 is 1.13 bits per heavy atom. The SMILES string of the molecule is Cc1c(C(=O)NCC(Cc2ccccc2)N(C)C)cnn1-c1ccc(C(F)(F)F)cn1. The number of alkyl halides is 3. The van der Waals surface area contributed by atoms with Crippen LogP contribution in [0.3, 0.4) is 0 Å². The lowest BCUT2D eigenvalue weighted by atomic mass is 10.1. The second-order valence-electron chi connectivity index (χ2n) is 7.48. The molecule has 3 rings (SSSR count). The highest BCUT2D eigenvalue weighted by Gasteiger charge is 2.31. The molecule has 0 fully saturated rings. The van der Waals surface area contributed by atoms with Gasteiger partial charge in [-0.1, -0.05) is 30.3 Å². The number of hydrogen-bond donors (Lipinski definition) is 1. The van der Waals surface area contributed by atoms with E-state index in [0.717, 1.165) is 18.7 Å². The zero-order chi connectivity index (χ0) is 22.6. The number of carbonyl (C=O) groups is 1. The molecule has 6 nitrogen and oxygen atoms in total. The van der Waals surface area contributed by atoms with Crippen LogP contribution in [0.1, 0.15) is 27.2 Å². The van der Waals surface area contributed by atoms with Crippen molar-refractivity contribution in [3.8, 4) is 5.82 Å². The summed E-state index contributed by atoms with van der Waals surface area (Å²) in [4.78, 5) is 18.6. The van der Waals surface area contributed by atoms with Crippen molar-refractivity contribution in [2.45, 2.75) is 25.6 Å². The predicted molar refractivity (Wildman–Crippen MR) is 111 cm³/mol. The Morgan fingerprint density at radius 2 is 1.84 bits per heavy atom. The number of benzene rings is 1. The predicted octanol–water partition coefficient (Wildman–Crippen LogP) is 3.50. The topological polar surface area (TPSA) is 63.1 Å². The summed E-state index contributed by atoms with van der Waals surface area (Å²) in [5.41, 5.74) is 1.17. The van der Waals surface area contributed by atoms with Crippen LogP contribution < -0.4 is 5.32 Å². The van der Waals surface area contributed by atoms with Crippen LogP contribution in [0.4, 0.5) is 13.2 Å². The lowest BCUT2D eigenvalue weighted by Crippen LogP contribution is -2.41. The largest absolute Gasteiger partial charge is 0.417 e. The third-order valence-electron chi connectivity index (χ3n) is 5.09.